The van der Waals surface area contributed by atoms with Gasteiger partial charge >= 0.3 is 6.18 Å². The van der Waals surface area contributed by atoms with Crippen LogP contribution in [0.2, 0.25) is 0 Å². The first-order chi connectivity index (χ1) is 9.80. The van der Waals surface area contributed by atoms with Crippen molar-refractivity contribution in [2.45, 2.75) is 19.1 Å². The largest absolute Gasteiger partial charge is 0.394 e. The van der Waals surface area contributed by atoms with Gasteiger partial charge < -0.3 is 11.5 Å². The first-order valence-corrected chi connectivity index (χ1v) is 6.05. The SMILES string of the molecule is NCc1cccc(-n2nc(CC(F)(F)F)cc2C(N)=O)c1. The van der Waals surface area contributed by atoms with Gasteiger partial charge in [-0.2, -0.15) is 18.3 Å². The van der Waals surface area contributed by atoms with Crippen LogP contribution in [0.5, 0.6) is 0 Å². The van der Waals surface area contributed by atoms with Crippen LogP contribution < -0.4 is 11.5 Å². The lowest BCUT2D eigenvalue weighted by molar-refractivity contribution is -0.127. The van der Waals surface area contributed by atoms with E-state index in [0.717, 1.165) is 16.3 Å². The highest BCUT2D eigenvalue weighted by atomic mass is 19.4. The predicted molar refractivity (Wildman–Crippen MR) is 69.7 cm³/mol. The summed E-state index contributed by atoms with van der Waals surface area (Å²) in [6, 6.07) is 7.72. The van der Waals surface area contributed by atoms with Crippen molar-refractivity contribution in [1.82, 2.24) is 9.78 Å². The number of hydrogen-bond acceptors (Lipinski definition) is 3. The summed E-state index contributed by atoms with van der Waals surface area (Å²) >= 11 is 0. The second kappa shape index (κ2) is 5.57. The van der Waals surface area contributed by atoms with E-state index in [9.17, 15) is 18.0 Å². The van der Waals surface area contributed by atoms with Crippen LogP contribution in [0.3, 0.4) is 0 Å². The molecule has 0 atom stereocenters. The number of carbonyl (C=O) groups is 1. The first-order valence-electron chi connectivity index (χ1n) is 6.05. The molecule has 0 saturated carbocycles. The van der Waals surface area contributed by atoms with E-state index in [1.54, 1.807) is 24.3 Å². The number of nitrogens with zero attached hydrogens (tertiary/aromatic N) is 2. The molecule has 1 aromatic heterocycles. The lowest BCUT2D eigenvalue weighted by Gasteiger charge is -2.06. The van der Waals surface area contributed by atoms with E-state index in [1.807, 2.05) is 0 Å². The maximum Gasteiger partial charge on any atom is 0.394 e. The fourth-order valence-corrected chi connectivity index (χ4v) is 1.91. The minimum Gasteiger partial charge on any atom is -0.364 e. The fraction of sp³-hybridized carbons (Fsp3) is 0.231. The zero-order valence-electron chi connectivity index (χ0n) is 10.9. The van der Waals surface area contributed by atoms with Crippen LogP contribution in [-0.2, 0) is 13.0 Å². The van der Waals surface area contributed by atoms with Crippen molar-refractivity contribution < 1.29 is 18.0 Å². The second-order valence-electron chi connectivity index (χ2n) is 4.46. The van der Waals surface area contributed by atoms with Crippen LogP contribution in [0.25, 0.3) is 5.69 Å². The normalized spacial score (nSPS) is 11.6. The molecular formula is C13H13F3N4O. The average Bonchev–Trinajstić information content (AvgIpc) is 2.80. The maximum atomic E-state index is 12.4. The van der Waals surface area contributed by atoms with Gasteiger partial charge in [0.05, 0.1) is 17.8 Å². The zero-order chi connectivity index (χ0) is 15.6. The minimum atomic E-state index is -4.41. The zero-order valence-corrected chi connectivity index (χ0v) is 10.9. The second-order valence-corrected chi connectivity index (χ2v) is 4.46. The van der Waals surface area contributed by atoms with Crippen molar-refractivity contribution in [3.8, 4) is 5.69 Å². The van der Waals surface area contributed by atoms with Gasteiger partial charge in [0, 0.05) is 6.54 Å². The van der Waals surface area contributed by atoms with E-state index in [-0.39, 0.29) is 17.9 Å². The molecule has 112 valence electrons. The molecule has 1 amide bonds. The van der Waals surface area contributed by atoms with Crippen LogP contribution in [-0.4, -0.2) is 21.9 Å². The Labute approximate surface area is 118 Å². The van der Waals surface area contributed by atoms with Crippen molar-refractivity contribution in [2.24, 2.45) is 11.5 Å². The van der Waals surface area contributed by atoms with Crippen molar-refractivity contribution in [2.75, 3.05) is 0 Å². The molecule has 21 heavy (non-hydrogen) atoms. The van der Waals surface area contributed by atoms with Crippen molar-refractivity contribution in [3.05, 3.63) is 47.3 Å². The lowest BCUT2D eigenvalue weighted by Crippen LogP contribution is -2.16. The number of benzene rings is 1. The molecule has 0 aliphatic rings. The smallest absolute Gasteiger partial charge is 0.364 e. The molecule has 8 heteroatoms. The highest BCUT2D eigenvalue weighted by molar-refractivity contribution is 5.91. The molecule has 1 heterocycles. The number of aromatic nitrogens is 2. The van der Waals surface area contributed by atoms with Crippen LogP contribution >= 0.6 is 0 Å². The molecule has 2 rings (SSSR count). The van der Waals surface area contributed by atoms with E-state index in [0.29, 0.717) is 5.69 Å². The van der Waals surface area contributed by atoms with Crippen LogP contribution in [0.1, 0.15) is 21.7 Å². The number of halogens is 3. The average molecular weight is 298 g/mol. The van der Waals surface area contributed by atoms with Crippen molar-refractivity contribution in [3.63, 3.8) is 0 Å². The topological polar surface area (TPSA) is 86.9 Å². The number of rotatable bonds is 4. The van der Waals surface area contributed by atoms with E-state index in [1.165, 1.54) is 0 Å². The number of amides is 1. The summed E-state index contributed by atoms with van der Waals surface area (Å²) in [6.07, 6.45) is -5.63. The summed E-state index contributed by atoms with van der Waals surface area (Å²) < 4.78 is 38.4. The highest BCUT2D eigenvalue weighted by Crippen LogP contribution is 2.22. The van der Waals surface area contributed by atoms with Gasteiger partial charge in [0.2, 0.25) is 0 Å². The van der Waals surface area contributed by atoms with E-state index in [4.69, 9.17) is 11.5 Å². The summed E-state index contributed by atoms with van der Waals surface area (Å²) in [6.45, 7) is 0.260. The van der Waals surface area contributed by atoms with Crippen LogP contribution in [0, 0.1) is 0 Å². The van der Waals surface area contributed by atoms with Gasteiger partial charge in [0.15, 0.2) is 0 Å². The van der Waals surface area contributed by atoms with Gasteiger partial charge in [0.25, 0.3) is 5.91 Å². The van der Waals surface area contributed by atoms with E-state index in [2.05, 4.69) is 5.10 Å². The van der Waals surface area contributed by atoms with Gasteiger partial charge in [-0.1, -0.05) is 12.1 Å². The third-order valence-electron chi connectivity index (χ3n) is 2.78. The van der Waals surface area contributed by atoms with Gasteiger partial charge in [-0.05, 0) is 23.8 Å². The number of hydrogen-bond donors (Lipinski definition) is 2. The molecule has 0 saturated heterocycles. The molecule has 0 aliphatic heterocycles. The molecule has 0 spiro atoms. The molecule has 0 unspecified atom stereocenters. The molecule has 0 fully saturated rings. The summed E-state index contributed by atoms with van der Waals surface area (Å²) in [5.74, 6) is -0.853. The van der Waals surface area contributed by atoms with Crippen LogP contribution in [0.4, 0.5) is 13.2 Å². The van der Waals surface area contributed by atoms with Gasteiger partial charge in [-0.25, -0.2) is 4.68 Å². The Bertz CT molecular complexity index is 664. The number of alkyl halides is 3. The van der Waals surface area contributed by atoms with Gasteiger partial charge in [-0.15, -0.1) is 0 Å². The Morgan fingerprint density at radius 1 is 1.29 bits per heavy atom. The van der Waals surface area contributed by atoms with Gasteiger partial charge in [-0.3, -0.25) is 4.79 Å². The monoisotopic (exact) mass is 298 g/mol. The molecule has 5 nitrogen and oxygen atoms in total. The molecule has 0 bridgehead atoms. The molecule has 1 aromatic carbocycles. The molecule has 0 radical (unpaired) electrons. The quantitative estimate of drug-likeness (QED) is 0.897. The standard InChI is InChI=1S/C13H13F3N4O/c14-13(15,16)6-9-5-11(12(18)21)20(19-9)10-3-1-2-8(4-10)7-17/h1-5H,6-7,17H2,(H2,18,21). The first kappa shape index (κ1) is 15.0. The van der Waals surface area contributed by atoms with Crippen molar-refractivity contribution in [1.29, 1.82) is 0 Å². The number of primary amides is 1. The van der Waals surface area contributed by atoms with E-state index < -0.39 is 18.5 Å². The Kier molecular flexibility index (Phi) is 3.99. The molecule has 0 aliphatic carbocycles. The predicted octanol–water partition coefficient (Wildman–Crippen LogP) is 1.53. The third-order valence-corrected chi connectivity index (χ3v) is 2.78. The minimum absolute atomic E-state index is 0.108. The maximum absolute atomic E-state index is 12.4. The summed E-state index contributed by atoms with van der Waals surface area (Å²) in [5, 5.41) is 3.82. The summed E-state index contributed by atoms with van der Waals surface area (Å²) in [7, 11) is 0. The molecular weight excluding hydrogens is 285 g/mol. The number of nitrogens with two attached hydrogens (primary N) is 2. The Balaban J connectivity index is 2.48. The summed E-state index contributed by atoms with van der Waals surface area (Å²) in [5.41, 5.74) is 11.5. The third kappa shape index (κ3) is 3.60. The lowest BCUT2D eigenvalue weighted by atomic mass is 10.2. The Morgan fingerprint density at radius 3 is 2.57 bits per heavy atom. The van der Waals surface area contributed by atoms with E-state index >= 15 is 0 Å². The highest BCUT2D eigenvalue weighted by Gasteiger charge is 2.30. The Morgan fingerprint density at radius 2 is 2.00 bits per heavy atom. The van der Waals surface area contributed by atoms with Crippen molar-refractivity contribution >= 4 is 5.91 Å². The molecule has 4 N–H and O–H groups in total. The Hall–Kier alpha value is -2.35. The molecule has 2 aromatic rings. The van der Waals surface area contributed by atoms with Gasteiger partial charge in [0.1, 0.15) is 5.69 Å². The number of carbonyl (C=O) groups excluding carboxylic acids is 1. The van der Waals surface area contributed by atoms with Crippen LogP contribution in [0.15, 0.2) is 30.3 Å². The summed E-state index contributed by atoms with van der Waals surface area (Å²) in [4.78, 5) is 11.4. The fourth-order valence-electron chi connectivity index (χ4n) is 1.91.